The van der Waals surface area contributed by atoms with Gasteiger partial charge in [0.05, 0.1) is 29.7 Å². The highest BCUT2D eigenvalue weighted by atomic mass is 16.6. The third kappa shape index (κ3) is 2.04. The Bertz CT molecular complexity index is 488. The molecule has 1 fully saturated rings. The molecule has 0 aliphatic carbocycles. The van der Waals surface area contributed by atoms with Crippen LogP contribution in [-0.4, -0.2) is 28.6 Å². The third-order valence-electron chi connectivity index (χ3n) is 2.63. The van der Waals surface area contributed by atoms with Crippen molar-refractivity contribution in [2.75, 3.05) is 17.2 Å². The summed E-state index contributed by atoms with van der Waals surface area (Å²) in [5.74, 6) is -0.253. The fraction of sp³-hybridized carbons (Fsp3) is 0.300. The molecule has 1 aromatic carbocycles. The van der Waals surface area contributed by atoms with Crippen molar-refractivity contribution in [3.63, 3.8) is 0 Å². The summed E-state index contributed by atoms with van der Waals surface area (Å²) in [5, 5.41) is 20.1. The van der Waals surface area contributed by atoms with E-state index < -0.39 is 11.0 Å². The molecule has 0 bridgehead atoms. The van der Waals surface area contributed by atoms with Crippen LogP contribution in [0.3, 0.4) is 0 Å². The number of nitrogens with zero attached hydrogens (tertiary/aromatic N) is 2. The number of β-amino-alcohol motifs (C(OH)–C–C–N with tert-alkyl or cyclic N) is 1. The first-order valence-corrected chi connectivity index (χ1v) is 5.01. The Labute approximate surface area is 96.6 Å². The van der Waals surface area contributed by atoms with Crippen LogP contribution < -0.4 is 10.6 Å². The molecule has 7 heteroatoms. The molecule has 17 heavy (non-hydrogen) atoms. The number of anilines is 2. The lowest BCUT2D eigenvalue weighted by Gasteiger charge is -2.15. The summed E-state index contributed by atoms with van der Waals surface area (Å²) < 4.78 is 0. The zero-order chi connectivity index (χ0) is 12.6. The quantitative estimate of drug-likeness (QED) is 0.436. The number of nitro benzene ring substituents is 1. The molecule has 0 aromatic heterocycles. The van der Waals surface area contributed by atoms with E-state index in [1.165, 1.54) is 23.1 Å². The van der Waals surface area contributed by atoms with Crippen LogP contribution >= 0.6 is 0 Å². The van der Waals surface area contributed by atoms with Crippen LogP contribution in [-0.2, 0) is 4.79 Å². The minimum Gasteiger partial charge on any atom is -0.393 e. The first-order valence-electron chi connectivity index (χ1n) is 5.01. The summed E-state index contributed by atoms with van der Waals surface area (Å²) in [6.45, 7) is 0.153. The Balaban J connectivity index is 2.37. The molecule has 1 aliphatic rings. The molecule has 1 aromatic rings. The van der Waals surface area contributed by atoms with Gasteiger partial charge in [0.15, 0.2) is 0 Å². The van der Waals surface area contributed by atoms with Gasteiger partial charge in [-0.3, -0.25) is 14.9 Å². The summed E-state index contributed by atoms with van der Waals surface area (Å²) in [6.07, 6.45) is -0.683. The van der Waals surface area contributed by atoms with Gasteiger partial charge in [-0.25, -0.2) is 0 Å². The van der Waals surface area contributed by atoms with Crippen molar-refractivity contribution >= 4 is 23.0 Å². The Morgan fingerprint density at radius 3 is 2.76 bits per heavy atom. The summed E-state index contributed by atoms with van der Waals surface area (Å²) in [5.41, 5.74) is 5.65. The number of nitrogens with two attached hydrogens (primary N) is 1. The number of nitro groups is 1. The predicted molar refractivity (Wildman–Crippen MR) is 60.5 cm³/mol. The van der Waals surface area contributed by atoms with Crippen LogP contribution in [0, 0.1) is 10.1 Å². The second-order valence-electron chi connectivity index (χ2n) is 3.86. The Morgan fingerprint density at radius 2 is 2.24 bits per heavy atom. The van der Waals surface area contributed by atoms with Gasteiger partial charge in [-0.15, -0.1) is 0 Å². The van der Waals surface area contributed by atoms with Gasteiger partial charge in [-0.2, -0.15) is 0 Å². The van der Waals surface area contributed by atoms with E-state index in [2.05, 4.69) is 0 Å². The van der Waals surface area contributed by atoms with Gasteiger partial charge in [0.1, 0.15) is 5.69 Å². The third-order valence-corrected chi connectivity index (χ3v) is 2.63. The van der Waals surface area contributed by atoms with Crippen LogP contribution in [0.2, 0.25) is 0 Å². The van der Waals surface area contributed by atoms with E-state index in [1.54, 1.807) is 0 Å². The molecule has 0 spiro atoms. The smallest absolute Gasteiger partial charge is 0.294 e. The number of hydrogen-bond donors (Lipinski definition) is 2. The molecule has 1 saturated heterocycles. The maximum atomic E-state index is 11.5. The zero-order valence-electron chi connectivity index (χ0n) is 8.87. The normalized spacial score (nSPS) is 19.7. The average molecular weight is 237 g/mol. The predicted octanol–water partition coefficient (Wildman–Crippen LogP) is 0.275. The number of rotatable bonds is 2. The lowest BCUT2D eigenvalue weighted by Crippen LogP contribution is -2.25. The van der Waals surface area contributed by atoms with E-state index in [0.717, 1.165) is 0 Å². The number of benzene rings is 1. The molecule has 3 N–H and O–H groups in total. The number of carbonyl (C=O) groups is 1. The molecular weight excluding hydrogens is 226 g/mol. The van der Waals surface area contributed by atoms with Crippen molar-refractivity contribution in [1.82, 2.24) is 0 Å². The minimum absolute atomic E-state index is 0.0399. The highest BCUT2D eigenvalue weighted by molar-refractivity contribution is 5.96. The van der Waals surface area contributed by atoms with E-state index in [9.17, 15) is 20.0 Å². The van der Waals surface area contributed by atoms with Gasteiger partial charge in [0.25, 0.3) is 5.69 Å². The molecular formula is C10H11N3O4. The first kappa shape index (κ1) is 11.3. The molecule has 1 unspecified atom stereocenters. The van der Waals surface area contributed by atoms with Crippen molar-refractivity contribution in [2.24, 2.45) is 0 Å². The van der Waals surface area contributed by atoms with Gasteiger partial charge >= 0.3 is 0 Å². The molecule has 1 aliphatic heterocycles. The maximum Gasteiger partial charge on any atom is 0.294 e. The molecule has 2 rings (SSSR count). The molecule has 1 amide bonds. The topological polar surface area (TPSA) is 110 Å². The van der Waals surface area contributed by atoms with Crippen LogP contribution in [0.4, 0.5) is 17.1 Å². The second kappa shape index (κ2) is 4.02. The van der Waals surface area contributed by atoms with E-state index in [4.69, 9.17) is 5.73 Å². The fourth-order valence-corrected chi connectivity index (χ4v) is 1.80. The lowest BCUT2D eigenvalue weighted by atomic mass is 10.2. The summed E-state index contributed by atoms with van der Waals surface area (Å²) >= 11 is 0. The standard InChI is InChI=1S/C10H11N3O4/c11-8-2-1-6(3-9(8)13(16)17)12-5-7(14)4-10(12)15/h1-3,7,14H,4-5,11H2. The number of hydrogen-bond acceptors (Lipinski definition) is 5. The number of aliphatic hydroxyl groups excluding tert-OH is 1. The van der Waals surface area contributed by atoms with E-state index >= 15 is 0 Å². The highest BCUT2D eigenvalue weighted by Gasteiger charge is 2.30. The molecule has 1 atom stereocenters. The van der Waals surface area contributed by atoms with Gasteiger partial charge in [-0.05, 0) is 12.1 Å². The SMILES string of the molecule is Nc1ccc(N2CC(O)CC2=O)cc1[N+](=O)[O-]. The first-order chi connectivity index (χ1) is 7.99. The molecule has 0 saturated carbocycles. The van der Waals surface area contributed by atoms with Crippen LogP contribution in [0.25, 0.3) is 0 Å². The average Bonchev–Trinajstić information content (AvgIpc) is 2.58. The van der Waals surface area contributed by atoms with Gasteiger partial charge < -0.3 is 15.7 Å². The number of carbonyl (C=O) groups excluding carboxylic acids is 1. The fourth-order valence-electron chi connectivity index (χ4n) is 1.80. The van der Waals surface area contributed by atoms with E-state index in [-0.39, 0.29) is 30.2 Å². The van der Waals surface area contributed by atoms with E-state index in [0.29, 0.717) is 5.69 Å². The molecule has 1 heterocycles. The van der Waals surface area contributed by atoms with Crippen molar-refractivity contribution in [1.29, 1.82) is 0 Å². The van der Waals surface area contributed by atoms with Crippen molar-refractivity contribution in [2.45, 2.75) is 12.5 Å². The van der Waals surface area contributed by atoms with Crippen molar-refractivity contribution < 1.29 is 14.8 Å². The maximum absolute atomic E-state index is 11.5. The summed E-state index contributed by atoms with van der Waals surface area (Å²) in [7, 11) is 0. The number of aliphatic hydroxyl groups is 1. The van der Waals surface area contributed by atoms with Crippen LogP contribution in [0.5, 0.6) is 0 Å². The summed E-state index contributed by atoms with van der Waals surface area (Å²) in [6, 6.07) is 4.15. The largest absolute Gasteiger partial charge is 0.393 e. The Morgan fingerprint density at radius 1 is 1.53 bits per heavy atom. The van der Waals surface area contributed by atoms with Gasteiger partial charge in [0.2, 0.25) is 5.91 Å². The van der Waals surface area contributed by atoms with Crippen molar-refractivity contribution in [3.05, 3.63) is 28.3 Å². The lowest BCUT2D eigenvalue weighted by molar-refractivity contribution is -0.383. The zero-order valence-corrected chi connectivity index (χ0v) is 8.87. The second-order valence-corrected chi connectivity index (χ2v) is 3.86. The van der Waals surface area contributed by atoms with Gasteiger partial charge in [0, 0.05) is 6.07 Å². The highest BCUT2D eigenvalue weighted by Crippen LogP contribution is 2.29. The van der Waals surface area contributed by atoms with Crippen LogP contribution in [0.15, 0.2) is 18.2 Å². The Kier molecular flexibility index (Phi) is 2.68. The monoisotopic (exact) mass is 237 g/mol. The number of amides is 1. The Hall–Kier alpha value is -2.15. The van der Waals surface area contributed by atoms with Crippen LogP contribution in [0.1, 0.15) is 6.42 Å². The molecule has 90 valence electrons. The van der Waals surface area contributed by atoms with E-state index in [1.807, 2.05) is 0 Å². The van der Waals surface area contributed by atoms with Crippen molar-refractivity contribution in [3.8, 4) is 0 Å². The molecule has 0 radical (unpaired) electrons. The summed E-state index contributed by atoms with van der Waals surface area (Å²) in [4.78, 5) is 22.9. The molecule has 7 nitrogen and oxygen atoms in total. The minimum atomic E-state index is -0.723. The number of nitrogen functional groups attached to an aromatic ring is 1. The van der Waals surface area contributed by atoms with Gasteiger partial charge in [-0.1, -0.05) is 0 Å².